The number of aryl methyl sites for hydroxylation is 1. The van der Waals surface area contributed by atoms with Gasteiger partial charge in [-0.2, -0.15) is 0 Å². The van der Waals surface area contributed by atoms with E-state index < -0.39 is 0 Å². The molecule has 0 aliphatic rings. The van der Waals surface area contributed by atoms with Crippen LogP contribution in [-0.2, 0) is 0 Å². The maximum atomic E-state index is 6.00. The molecule has 0 spiro atoms. The summed E-state index contributed by atoms with van der Waals surface area (Å²) in [6.07, 6.45) is 3.68. The van der Waals surface area contributed by atoms with E-state index in [0.29, 0.717) is 5.02 Å². The van der Waals surface area contributed by atoms with E-state index in [1.54, 1.807) is 6.20 Å². The summed E-state index contributed by atoms with van der Waals surface area (Å²) >= 11 is 9.36. The number of halogens is 2. The molecule has 0 fully saturated rings. The van der Waals surface area contributed by atoms with Gasteiger partial charge in [0.2, 0.25) is 0 Å². The van der Waals surface area contributed by atoms with Crippen LogP contribution in [0.1, 0.15) is 5.82 Å². The van der Waals surface area contributed by atoms with E-state index in [0.717, 1.165) is 16.0 Å². The third-order valence-electron chi connectivity index (χ3n) is 2.01. The average Bonchev–Trinajstić information content (AvgIpc) is 2.57. The Morgan fingerprint density at radius 2 is 2.21 bits per heavy atom. The van der Waals surface area contributed by atoms with Crippen LogP contribution >= 0.6 is 27.5 Å². The zero-order valence-electron chi connectivity index (χ0n) is 7.54. The van der Waals surface area contributed by atoms with Gasteiger partial charge < -0.3 is 4.57 Å². The van der Waals surface area contributed by atoms with Crippen LogP contribution in [0.15, 0.2) is 35.1 Å². The van der Waals surface area contributed by atoms with Gasteiger partial charge in [-0.15, -0.1) is 0 Å². The van der Waals surface area contributed by atoms with Crippen molar-refractivity contribution >= 4 is 27.5 Å². The van der Waals surface area contributed by atoms with Crippen molar-refractivity contribution in [2.24, 2.45) is 0 Å². The summed E-state index contributed by atoms with van der Waals surface area (Å²) in [5.41, 5.74) is 1.02. The van der Waals surface area contributed by atoms with E-state index >= 15 is 0 Å². The number of hydrogen-bond donors (Lipinski definition) is 0. The molecule has 2 rings (SSSR count). The molecule has 0 unspecified atom stereocenters. The highest BCUT2D eigenvalue weighted by Crippen LogP contribution is 2.25. The topological polar surface area (TPSA) is 17.8 Å². The van der Waals surface area contributed by atoms with Gasteiger partial charge in [-0.1, -0.05) is 11.6 Å². The zero-order chi connectivity index (χ0) is 10.1. The van der Waals surface area contributed by atoms with Crippen molar-refractivity contribution in [3.63, 3.8) is 0 Å². The maximum Gasteiger partial charge on any atom is 0.110 e. The second-order valence-corrected chi connectivity index (χ2v) is 4.20. The zero-order valence-corrected chi connectivity index (χ0v) is 9.88. The number of nitrogens with zero attached hydrogens (tertiary/aromatic N) is 2. The standard InChI is InChI=1S/C10H8BrClN2/c1-7-13-4-5-14(7)8-2-3-9(11)10(12)6-8/h2-6H,1H3. The van der Waals surface area contributed by atoms with Gasteiger partial charge in [-0.05, 0) is 41.1 Å². The fraction of sp³-hybridized carbons (Fsp3) is 0.100. The van der Waals surface area contributed by atoms with Gasteiger partial charge in [-0.25, -0.2) is 4.98 Å². The minimum Gasteiger partial charge on any atom is -0.304 e. The van der Waals surface area contributed by atoms with Crippen LogP contribution in [0.5, 0.6) is 0 Å². The van der Waals surface area contributed by atoms with Crippen molar-refractivity contribution in [1.29, 1.82) is 0 Å². The first-order valence-electron chi connectivity index (χ1n) is 4.14. The molecule has 0 aliphatic heterocycles. The van der Waals surface area contributed by atoms with Gasteiger partial charge in [0, 0.05) is 22.6 Å². The SMILES string of the molecule is Cc1nccn1-c1ccc(Br)c(Cl)c1. The molecule has 2 aromatic rings. The van der Waals surface area contributed by atoms with Crippen LogP contribution in [-0.4, -0.2) is 9.55 Å². The molecule has 0 bridgehead atoms. The van der Waals surface area contributed by atoms with Gasteiger partial charge >= 0.3 is 0 Å². The molecule has 4 heteroatoms. The van der Waals surface area contributed by atoms with Crippen molar-refractivity contribution in [2.75, 3.05) is 0 Å². The fourth-order valence-corrected chi connectivity index (χ4v) is 1.71. The van der Waals surface area contributed by atoms with Crippen LogP contribution in [0.25, 0.3) is 5.69 Å². The number of imidazole rings is 1. The summed E-state index contributed by atoms with van der Waals surface area (Å²) in [7, 11) is 0. The first-order valence-corrected chi connectivity index (χ1v) is 5.31. The van der Waals surface area contributed by atoms with Crippen molar-refractivity contribution in [1.82, 2.24) is 9.55 Å². The van der Waals surface area contributed by atoms with E-state index in [1.165, 1.54) is 0 Å². The lowest BCUT2D eigenvalue weighted by Crippen LogP contribution is -1.94. The Kier molecular flexibility index (Phi) is 2.61. The smallest absolute Gasteiger partial charge is 0.110 e. The highest BCUT2D eigenvalue weighted by atomic mass is 79.9. The summed E-state index contributed by atoms with van der Waals surface area (Å²) in [6, 6.07) is 5.82. The van der Waals surface area contributed by atoms with E-state index in [2.05, 4.69) is 20.9 Å². The lowest BCUT2D eigenvalue weighted by molar-refractivity contribution is 0.974. The molecule has 14 heavy (non-hydrogen) atoms. The summed E-state index contributed by atoms with van der Waals surface area (Å²) in [5, 5.41) is 0.704. The lowest BCUT2D eigenvalue weighted by atomic mass is 10.3. The Hall–Kier alpha value is -0.800. The number of hydrogen-bond acceptors (Lipinski definition) is 1. The molecule has 0 saturated heterocycles. The molecular weight excluding hydrogens is 263 g/mol. The molecule has 0 N–H and O–H groups in total. The molecule has 0 atom stereocenters. The van der Waals surface area contributed by atoms with Crippen molar-refractivity contribution in [3.8, 4) is 5.69 Å². The lowest BCUT2D eigenvalue weighted by Gasteiger charge is -2.05. The third-order valence-corrected chi connectivity index (χ3v) is 3.24. The van der Waals surface area contributed by atoms with E-state index in [-0.39, 0.29) is 0 Å². The Morgan fingerprint density at radius 3 is 2.79 bits per heavy atom. The summed E-state index contributed by atoms with van der Waals surface area (Å²) in [5.74, 6) is 0.948. The molecule has 0 aliphatic carbocycles. The van der Waals surface area contributed by atoms with Crippen molar-refractivity contribution in [3.05, 3.63) is 45.9 Å². The molecule has 0 radical (unpaired) electrons. The van der Waals surface area contributed by atoms with Crippen LogP contribution < -0.4 is 0 Å². The Balaban J connectivity index is 2.53. The molecule has 2 nitrogen and oxygen atoms in total. The van der Waals surface area contributed by atoms with Crippen LogP contribution in [0.2, 0.25) is 5.02 Å². The van der Waals surface area contributed by atoms with Crippen molar-refractivity contribution in [2.45, 2.75) is 6.92 Å². The Morgan fingerprint density at radius 1 is 1.43 bits per heavy atom. The maximum absolute atomic E-state index is 6.00. The molecule has 1 aromatic carbocycles. The van der Waals surface area contributed by atoms with Crippen LogP contribution in [0.4, 0.5) is 0 Å². The summed E-state index contributed by atoms with van der Waals surface area (Å²) in [4.78, 5) is 4.15. The summed E-state index contributed by atoms with van der Waals surface area (Å²) < 4.78 is 2.89. The predicted octanol–water partition coefficient (Wildman–Crippen LogP) is 3.60. The quantitative estimate of drug-likeness (QED) is 0.775. The first kappa shape index (κ1) is 9.74. The van der Waals surface area contributed by atoms with Gasteiger partial charge in [0.15, 0.2) is 0 Å². The van der Waals surface area contributed by atoms with Crippen LogP contribution in [0.3, 0.4) is 0 Å². The second-order valence-electron chi connectivity index (χ2n) is 2.94. The first-order chi connectivity index (χ1) is 6.68. The average molecular weight is 272 g/mol. The third kappa shape index (κ3) is 1.70. The second kappa shape index (κ2) is 3.75. The molecular formula is C10H8BrClN2. The van der Waals surface area contributed by atoms with E-state index in [4.69, 9.17) is 11.6 Å². The summed E-state index contributed by atoms with van der Waals surface area (Å²) in [6.45, 7) is 1.95. The van der Waals surface area contributed by atoms with E-state index in [1.807, 2.05) is 35.9 Å². The van der Waals surface area contributed by atoms with Gasteiger partial charge in [0.25, 0.3) is 0 Å². The number of benzene rings is 1. The highest BCUT2D eigenvalue weighted by molar-refractivity contribution is 9.10. The van der Waals surface area contributed by atoms with Gasteiger partial charge in [0.1, 0.15) is 5.82 Å². The molecule has 72 valence electrons. The van der Waals surface area contributed by atoms with Gasteiger partial charge in [0.05, 0.1) is 5.02 Å². The fourth-order valence-electron chi connectivity index (χ4n) is 1.29. The number of rotatable bonds is 1. The molecule has 1 aromatic heterocycles. The largest absolute Gasteiger partial charge is 0.304 e. The monoisotopic (exact) mass is 270 g/mol. The Bertz CT molecular complexity index is 465. The number of aromatic nitrogens is 2. The molecule has 1 heterocycles. The normalized spacial score (nSPS) is 10.5. The van der Waals surface area contributed by atoms with Crippen LogP contribution in [0, 0.1) is 6.92 Å². The van der Waals surface area contributed by atoms with Gasteiger partial charge in [-0.3, -0.25) is 0 Å². The van der Waals surface area contributed by atoms with E-state index in [9.17, 15) is 0 Å². The highest BCUT2D eigenvalue weighted by Gasteiger charge is 2.02. The Labute approximate surface area is 95.7 Å². The minimum atomic E-state index is 0.704. The predicted molar refractivity (Wildman–Crippen MR) is 61.0 cm³/mol. The molecule has 0 amide bonds. The van der Waals surface area contributed by atoms with Crippen molar-refractivity contribution < 1.29 is 0 Å². The minimum absolute atomic E-state index is 0.704. The molecule has 0 saturated carbocycles.